The standard InChI is InChI=1S/C25H27ClN2O3/c1-16-12-17(2)14-27(13-16)23-22(19-6-10-21(31-3)11-7-19)24(29)28(25(23)30)15-18-4-8-20(26)9-5-18/h4-11,16-17H,12-15H2,1-3H3. The Labute approximate surface area is 188 Å². The molecule has 0 aliphatic carbocycles. The van der Waals surface area contributed by atoms with Crippen molar-refractivity contribution in [2.75, 3.05) is 20.2 Å². The number of amides is 2. The number of rotatable bonds is 5. The molecule has 2 aromatic rings. The van der Waals surface area contributed by atoms with E-state index in [1.54, 1.807) is 19.2 Å². The Kier molecular flexibility index (Phi) is 6.05. The Hall–Kier alpha value is -2.79. The normalized spacial score (nSPS) is 21.8. The number of piperidine rings is 1. The van der Waals surface area contributed by atoms with Crippen molar-refractivity contribution in [2.24, 2.45) is 11.8 Å². The third kappa shape index (κ3) is 4.33. The molecule has 0 saturated carbocycles. The maximum Gasteiger partial charge on any atom is 0.278 e. The Balaban J connectivity index is 1.73. The molecule has 2 atom stereocenters. The fourth-order valence-corrected chi connectivity index (χ4v) is 4.76. The Bertz CT molecular complexity index is 1000. The van der Waals surface area contributed by atoms with Crippen LogP contribution < -0.4 is 4.74 Å². The molecule has 162 valence electrons. The maximum atomic E-state index is 13.6. The number of methoxy groups -OCH3 is 1. The van der Waals surface area contributed by atoms with Gasteiger partial charge in [-0.2, -0.15) is 0 Å². The summed E-state index contributed by atoms with van der Waals surface area (Å²) in [6.45, 7) is 6.16. The average molecular weight is 439 g/mol. The van der Waals surface area contributed by atoms with Gasteiger partial charge in [0, 0.05) is 18.1 Å². The summed E-state index contributed by atoms with van der Waals surface area (Å²) >= 11 is 5.99. The van der Waals surface area contributed by atoms with Gasteiger partial charge in [0.1, 0.15) is 11.4 Å². The minimum atomic E-state index is -0.258. The molecule has 1 fully saturated rings. The van der Waals surface area contributed by atoms with E-state index < -0.39 is 0 Å². The Morgan fingerprint density at radius 2 is 1.55 bits per heavy atom. The highest BCUT2D eigenvalue weighted by atomic mass is 35.5. The van der Waals surface area contributed by atoms with Crippen LogP contribution in [-0.4, -0.2) is 41.8 Å². The molecule has 5 nitrogen and oxygen atoms in total. The number of likely N-dealkylation sites (tertiary alicyclic amines) is 1. The summed E-state index contributed by atoms with van der Waals surface area (Å²) in [4.78, 5) is 30.5. The van der Waals surface area contributed by atoms with E-state index in [9.17, 15) is 9.59 Å². The fourth-order valence-electron chi connectivity index (χ4n) is 4.64. The van der Waals surface area contributed by atoms with Gasteiger partial charge in [-0.15, -0.1) is 0 Å². The van der Waals surface area contributed by atoms with Gasteiger partial charge in [0.25, 0.3) is 11.8 Å². The van der Waals surface area contributed by atoms with Gasteiger partial charge in [0.15, 0.2) is 0 Å². The summed E-state index contributed by atoms with van der Waals surface area (Å²) < 4.78 is 5.26. The van der Waals surface area contributed by atoms with Crippen molar-refractivity contribution in [3.63, 3.8) is 0 Å². The molecular formula is C25H27ClN2O3. The number of halogens is 1. The molecule has 0 aromatic heterocycles. The van der Waals surface area contributed by atoms with Crippen LogP contribution in [0.25, 0.3) is 5.57 Å². The molecule has 31 heavy (non-hydrogen) atoms. The summed E-state index contributed by atoms with van der Waals surface area (Å²) in [6, 6.07) is 14.6. The lowest BCUT2D eigenvalue weighted by atomic mass is 9.91. The van der Waals surface area contributed by atoms with Crippen molar-refractivity contribution >= 4 is 29.0 Å². The number of benzene rings is 2. The van der Waals surface area contributed by atoms with Gasteiger partial charge in [0.2, 0.25) is 0 Å². The second kappa shape index (κ2) is 8.75. The smallest absolute Gasteiger partial charge is 0.278 e. The van der Waals surface area contributed by atoms with Crippen LogP contribution in [0.3, 0.4) is 0 Å². The van der Waals surface area contributed by atoms with Gasteiger partial charge in [0.05, 0.1) is 19.2 Å². The zero-order valence-corrected chi connectivity index (χ0v) is 18.9. The first kappa shape index (κ1) is 21.4. The van der Waals surface area contributed by atoms with E-state index in [1.165, 1.54) is 4.90 Å². The van der Waals surface area contributed by atoms with Crippen molar-refractivity contribution in [3.05, 3.63) is 70.4 Å². The van der Waals surface area contributed by atoms with Crippen molar-refractivity contribution in [3.8, 4) is 5.75 Å². The van der Waals surface area contributed by atoms with Gasteiger partial charge in [-0.25, -0.2) is 0 Å². The van der Waals surface area contributed by atoms with Crippen LogP contribution in [0, 0.1) is 11.8 Å². The quantitative estimate of drug-likeness (QED) is 0.640. The first-order valence-corrected chi connectivity index (χ1v) is 11.0. The average Bonchev–Trinajstić information content (AvgIpc) is 2.99. The van der Waals surface area contributed by atoms with E-state index in [-0.39, 0.29) is 18.4 Å². The predicted octanol–water partition coefficient (Wildman–Crippen LogP) is 4.61. The zero-order chi connectivity index (χ0) is 22.1. The molecule has 2 aromatic carbocycles. The molecule has 2 heterocycles. The lowest BCUT2D eigenvalue weighted by Gasteiger charge is -2.37. The molecule has 2 aliphatic rings. The number of hydrogen-bond acceptors (Lipinski definition) is 4. The first-order valence-electron chi connectivity index (χ1n) is 10.6. The van der Waals surface area contributed by atoms with Crippen LogP contribution >= 0.6 is 11.6 Å². The van der Waals surface area contributed by atoms with E-state index in [2.05, 4.69) is 18.7 Å². The molecule has 2 unspecified atom stereocenters. The number of hydrogen-bond donors (Lipinski definition) is 0. The summed E-state index contributed by atoms with van der Waals surface area (Å²) in [5, 5.41) is 0.622. The van der Waals surface area contributed by atoms with Crippen molar-refractivity contribution in [1.82, 2.24) is 9.80 Å². The summed E-state index contributed by atoms with van der Waals surface area (Å²) in [5.41, 5.74) is 2.59. The topological polar surface area (TPSA) is 49.9 Å². The van der Waals surface area contributed by atoms with Gasteiger partial charge < -0.3 is 9.64 Å². The minimum absolute atomic E-state index is 0.219. The van der Waals surface area contributed by atoms with Crippen LogP contribution in [0.1, 0.15) is 31.4 Å². The fraction of sp³-hybridized carbons (Fsp3) is 0.360. The highest BCUT2D eigenvalue weighted by molar-refractivity contribution is 6.35. The molecule has 2 amide bonds. The molecule has 1 saturated heterocycles. The van der Waals surface area contributed by atoms with Crippen LogP contribution in [0.4, 0.5) is 0 Å². The first-order chi connectivity index (χ1) is 14.9. The Morgan fingerprint density at radius 1 is 0.935 bits per heavy atom. The molecule has 0 bridgehead atoms. The maximum absolute atomic E-state index is 13.6. The second-order valence-electron chi connectivity index (χ2n) is 8.63. The van der Waals surface area contributed by atoms with Crippen LogP contribution in [-0.2, 0) is 16.1 Å². The van der Waals surface area contributed by atoms with E-state index in [0.29, 0.717) is 33.9 Å². The number of ether oxygens (including phenoxy) is 1. The van der Waals surface area contributed by atoms with Crippen LogP contribution in [0.15, 0.2) is 54.2 Å². The van der Waals surface area contributed by atoms with E-state index in [4.69, 9.17) is 16.3 Å². The van der Waals surface area contributed by atoms with E-state index in [0.717, 1.165) is 30.6 Å². The third-order valence-corrected chi connectivity index (χ3v) is 6.21. The van der Waals surface area contributed by atoms with Gasteiger partial charge >= 0.3 is 0 Å². The van der Waals surface area contributed by atoms with Gasteiger partial charge in [-0.05, 0) is 53.6 Å². The van der Waals surface area contributed by atoms with Gasteiger partial charge in [-0.1, -0.05) is 49.7 Å². The summed E-state index contributed by atoms with van der Waals surface area (Å²) in [5.74, 6) is 1.14. The van der Waals surface area contributed by atoms with Crippen molar-refractivity contribution in [1.29, 1.82) is 0 Å². The summed E-state index contributed by atoms with van der Waals surface area (Å²) in [6.07, 6.45) is 1.12. The van der Waals surface area contributed by atoms with E-state index in [1.807, 2.05) is 36.4 Å². The largest absolute Gasteiger partial charge is 0.497 e. The molecule has 0 N–H and O–H groups in total. The monoisotopic (exact) mass is 438 g/mol. The number of carbonyl (C=O) groups is 2. The number of imide groups is 1. The molecular weight excluding hydrogens is 412 g/mol. The van der Waals surface area contributed by atoms with Crippen LogP contribution in [0.2, 0.25) is 5.02 Å². The van der Waals surface area contributed by atoms with Crippen LogP contribution in [0.5, 0.6) is 5.75 Å². The highest BCUT2D eigenvalue weighted by Gasteiger charge is 2.42. The van der Waals surface area contributed by atoms with Gasteiger partial charge in [-0.3, -0.25) is 14.5 Å². The second-order valence-corrected chi connectivity index (χ2v) is 9.06. The number of carbonyl (C=O) groups excluding carboxylic acids is 2. The number of nitrogens with zero attached hydrogens (tertiary/aromatic N) is 2. The lowest BCUT2D eigenvalue weighted by Crippen LogP contribution is -2.41. The molecule has 0 radical (unpaired) electrons. The Morgan fingerprint density at radius 3 is 2.13 bits per heavy atom. The van der Waals surface area contributed by atoms with Crippen molar-refractivity contribution in [2.45, 2.75) is 26.8 Å². The highest BCUT2D eigenvalue weighted by Crippen LogP contribution is 2.36. The lowest BCUT2D eigenvalue weighted by molar-refractivity contribution is -0.138. The van der Waals surface area contributed by atoms with E-state index >= 15 is 0 Å². The molecule has 4 rings (SSSR count). The van der Waals surface area contributed by atoms with Crippen molar-refractivity contribution < 1.29 is 14.3 Å². The zero-order valence-electron chi connectivity index (χ0n) is 18.1. The minimum Gasteiger partial charge on any atom is -0.497 e. The summed E-state index contributed by atoms with van der Waals surface area (Å²) in [7, 11) is 1.61. The molecule has 6 heteroatoms. The predicted molar refractivity (Wildman–Crippen MR) is 121 cm³/mol. The third-order valence-electron chi connectivity index (χ3n) is 5.96. The molecule has 0 spiro atoms. The molecule has 2 aliphatic heterocycles. The SMILES string of the molecule is COc1ccc(C2=C(N3CC(C)CC(C)C3)C(=O)N(Cc3ccc(Cl)cc3)C2=O)cc1.